The van der Waals surface area contributed by atoms with E-state index in [-0.39, 0.29) is 23.9 Å². The van der Waals surface area contributed by atoms with Crippen molar-refractivity contribution < 1.29 is 13.9 Å². The van der Waals surface area contributed by atoms with Crippen molar-refractivity contribution in [3.63, 3.8) is 0 Å². The standard InChI is InChI=1S/C11H9ClFN3O2/c1-2-18-11(17)5-10-14-8-4-7(13)6(12)3-9(8)15-16-10/h3-4H,2,5H2,1H3. The van der Waals surface area contributed by atoms with Gasteiger partial charge in [0, 0.05) is 6.07 Å². The van der Waals surface area contributed by atoms with Gasteiger partial charge in [-0.15, -0.1) is 10.2 Å². The van der Waals surface area contributed by atoms with E-state index in [4.69, 9.17) is 16.3 Å². The molecule has 94 valence electrons. The molecule has 2 aromatic rings. The molecule has 18 heavy (non-hydrogen) atoms. The normalized spacial score (nSPS) is 10.6. The Labute approximate surface area is 107 Å². The number of nitrogens with zero attached hydrogens (tertiary/aromatic N) is 3. The van der Waals surface area contributed by atoms with Gasteiger partial charge in [0.2, 0.25) is 0 Å². The van der Waals surface area contributed by atoms with Crippen molar-refractivity contribution in [2.24, 2.45) is 0 Å². The fourth-order valence-corrected chi connectivity index (χ4v) is 1.54. The van der Waals surface area contributed by atoms with Crippen molar-refractivity contribution in [2.45, 2.75) is 13.3 Å². The minimum Gasteiger partial charge on any atom is -0.466 e. The van der Waals surface area contributed by atoms with Crippen molar-refractivity contribution in [3.05, 3.63) is 28.8 Å². The number of ether oxygens (including phenoxy) is 1. The average molecular weight is 270 g/mol. The minimum atomic E-state index is -0.591. The summed E-state index contributed by atoms with van der Waals surface area (Å²) < 4.78 is 18.0. The average Bonchev–Trinajstić information content (AvgIpc) is 2.31. The lowest BCUT2D eigenvalue weighted by Gasteiger charge is -2.02. The van der Waals surface area contributed by atoms with Gasteiger partial charge in [0.05, 0.1) is 17.1 Å². The second kappa shape index (κ2) is 5.22. The van der Waals surface area contributed by atoms with Gasteiger partial charge in [0.15, 0.2) is 5.82 Å². The van der Waals surface area contributed by atoms with Crippen LogP contribution >= 0.6 is 11.6 Å². The molecular formula is C11H9ClFN3O2. The number of aromatic nitrogens is 3. The van der Waals surface area contributed by atoms with Crippen LogP contribution in [0.5, 0.6) is 0 Å². The number of esters is 1. The number of benzene rings is 1. The van der Waals surface area contributed by atoms with Crippen molar-refractivity contribution in [2.75, 3.05) is 6.61 Å². The summed E-state index contributed by atoms with van der Waals surface area (Å²) in [5.74, 6) is -0.859. The van der Waals surface area contributed by atoms with Crippen molar-refractivity contribution in [1.29, 1.82) is 0 Å². The maximum Gasteiger partial charge on any atom is 0.313 e. The number of rotatable bonds is 3. The molecule has 1 aromatic carbocycles. The molecule has 0 unspecified atom stereocenters. The zero-order chi connectivity index (χ0) is 13.1. The van der Waals surface area contributed by atoms with Gasteiger partial charge in [0.25, 0.3) is 0 Å². The highest BCUT2D eigenvalue weighted by Gasteiger charge is 2.10. The first kappa shape index (κ1) is 12.6. The maximum atomic E-state index is 13.3. The molecule has 0 aliphatic heterocycles. The number of hydrogen-bond acceptors (Lipinski definition) is 5. The predicted molar refractivity (Wildman–Crippen MR) is 62.6 cm³/mol. The molecule has 5 nitrogen and oxygen atoms in total. The molecule has 0 atom stereocenters. The van der Waals surface area contributed by atoms with E-state index in [0.717, 1.165) is 6.07 Å². The lowest BCUT2D eigenvalue weighted by molar-refractivity contribution is -0.142. The van der Waals surface area contributed by atoms with E-state index in [0.29, 0.717) is 11.0 Å². The van der Waals surface area contributed by atoms with Crippen LogP contribution in [0.4, 0.5) is 4.39 Å². The van der Waals surface area contributed by atoms with Crippen LogP contribution in [0.25, 0.3) is 11.0 Å². The van der Waals surface area contributed by atoms with Gasteiger partial charge in [-0.25, -0.2) is 9.37 Å². The number of hydrogen-bond donors (Lipinski definition) is 0. The minimum absolute atomic E-state index is 0.0447. The molecule has 0 spiro atoms. The Hall–Kier alpha value is -1.82. The summed E-state index contributed by atoms with van der Waals surface area (Å²) in [6, 6.07) is 2.49. The van der Waals surface area contributed by atoms with E-state index in [1.807, 2.05) is 0 Å². The Balaban J connectivity index is 2.32. The van der Waals surface area contributed by atoms with E-state index >= 15 is 0 Å². The Bertz CT molecular complexity index is 606. The van der Waals surface area contributed by atoms with Gasteiger partial charge in [0.1, 0.15) is 17.8 Å². The predicted octanol–water partition coefficient (Wildman–Crippen LogP) is 1.92. The molecular weight excluding hydrogens is 261 g/mol. The third kappa shape index (κ3) is 2.70. The first-order valence-electron chi connectivity index (χ1n) is 5.24. The SMILES string of the molecule is CCOC(=O)Cc1nnc2cc(Cl)c(F)cc2n1. The molecule has 0 fully saturated rings. The van der Waals surface area contributed by atoms with Crippen LogP contribution in [0.3, 0.4) is 0 Å². The first-order valence-corrected chi connectivity index (χ1v) is 5.62. The van der Waals surface area contributed by atoms with Gasteiger partial charge in [-0.3, -0.25) is 4.79 Å². The second-order valence-corrected chi connectivity index (χ2v) is 3.87. The van der Waals surface area contributed by atoms with Crippen LogP contribution in [0.1, 0.15) is 12.7 Å². The van der Waals surface area contributed by atoms with E-state index in [1.165, 1.54) is 6.07 Å². The molecule has 0 radical (unpaired) electrons. The van der Waals surface area contributed by atoms with Gasteiger partial charge < -0.3 is 4.74 Å². The molecule has 0 bridgehead atoms. The number of halogens is 2. The highest BCUT2D eigenvalue weighted by atomic mass is 35.5. The van der Waals surface area contributed by atoms with Gasteiger partial charge >= 0.3 is 5.97 Å². The Kier molecular flexibility index (Phi) is 3.66. The molecule has 0 aliphatic carbocycles. The molecule has 1 aromatic heterocycles. The largest absolute Gasteiger partial charge is 0.466 e. The van der Waals surface area contributed by atoms with E-state index in [1.54, 1.807) is 6.92 Å². The lowest BCUT2D eigenvalue weighted by atomic mass is 10.3. The van der Waals surface area contributed by atoms with Crippen LogP contribution in [0, 0.1) is 5.82 Å². The Morgan fingerprint density at radius 1 is 1.39 bits per heavy atom. The summed E-state index contributed by atoms with van der Waals surface area (Å²) in [5, 5.41) is 7.54. The van der Waals surface area contributed by atoms with E-state index in [2.05, 4.69) is 15.2 Å². The van der Waals surface area contributed by atoms with Gasteiger partial charge in [-0.05, 0) is 13.0 Å². The van der Waals surface area contributed by atoms with Gasteiger partial charge in [-0.1, -0.05) is 11.6 Å². The Morgan fingerprint density at radius 2 is 2.17 bits per heavy atom. The zero-order valence-corrected chi connectivity index (χ0v) is 10.2. The monoisotopic (exact) mass is 269 g/mol. The number of carbonyl (C=O) groups is 1. The molecule has 0 saturated heterocycles. The van der Waals surface area contributed by atoms with Gasteiger partial charge in [-0.2, -0.15) is 0 Å². The molecule has 0 amide bonds. The maximum absolute atomic E-state index is 13.3. The van der Waals surface area contributed by atoms with Crippen molar-refractivity contribution in [1.82, 2.24) is 15.2 Å². The summed E-state index contributed by atoms with van der Waals surface area (Å²) in [4.78, 5) is 15.3. The van der Waals surface area contributed by atoms with Crippen LogP contribution in [-0.2, 0) is 16.0 Å². The topological polar surface area (TPSA) is 65.0 Å². The highest BCUT2D eigenvalue weighted by molar-refractivity contribution is 6.31. The molecule has 0 aliphatic rings. The summed E-state index contributed by atoms with van der Waals surface area (Å²) in [6.07, 6.45) is -0.0962. The lowest BCUT2D eigenvalue weighted by Crippen LogP contribution is -2.11. The molecule has 7 heteroatoms. The smallest absolute Gasteiger partial charge is 0.313 e. The van der Waals surface area contributed by atoms with E-state index < -0.39 is 11.8 Å². The zero-order valence-electron chi connectivity index (χ0n) is 9.48. The fraction of sp³-hybridized carbons (Fsp3) is 0.273. The third-order valence-corrected chi connectivity index (χ3v) is 2.44. The van der Waals surface area contributed by atoms with Crippen LogP contribution in [0.15, 0.2) is 12.1 Å². The van der Waals surface area contributed by atoms with Crippen molar-refractivity contribution in [3.8, 4) is 0 Å². The summed E-state index contributed by atoms with van der Waals surface area (Å²) in [5.41, 5.74) is 0.667. The summed E-state index contributed by atoms with van der Waals surface area (Å²) >= 11 is 5.61. The fourth-order valence-electron chi connectivity index (χ4n) is 1.38. The molecule has 2 rings (SSSR count). The summed E-state index contributed by atoms with van der Waals surface area (Å²) in [7, 11) is 0. The quantitative estimate of drug-likeness (QED) is 0.797. The first-order chi connectivity index (χ1) is 8.60. The Morgan fingerprint density at radius 3 is 2.89 bits per heavy atom. The number of fused-ring (bicyclic) bond motifs is 1. The van der Waals surface area contributed by atoms with Crippen LogP contribution < -0.4 is 0 Å². The highest BCUT2D eigenvalue weighted by Crippen LogP contribution is 2.19. The summed E-state index contributed by atoms with van der Waals surface area (Å²) in [6.45, 7) is 1.98. The molecule has 1 heterocycles. The van der Waals surface area contributed by atoms with Crippen LogP contribution in [0.2, 0.25) is 5.02 Å². The van der Waals surface area contributed by atoms with Crippen LogP contribution in [-0.4, -0.2) is 27.8 Å². The van der Waals surface area contributed by atoms with Crippen molar-refractivity contribution >= 4 is 28.6 Å². The molecule has 0 N–H and O–H groups in total. The second-order valence-electron chi connectivity index (χ2n) is 3.46. The third-order valence-electron chi connectivity index (χ3n) is 2.15. The molecule has 0 saturated carbocycles. The van der Waals surface area contributed by atoms with E-state index in [9.17, 15) is 9.18 Å². The number of carbonyl (C=O) groups excluding carboxylic acids is 1.